The van der Waals surface area contributed by atoms with Gasteiger partial charge in [0.25, 0.3) is 0 Å². The highest BCUT2D eigenvalue weighted by Gasteiger charge is 2.49. The third kappa shape index (κ3) is 7.67. The molecule has 0 aromatic heterocycles. The van der Waals surface area contributed by atoms with E-state index in [0.717, 1.165) is 37.7 Å². The summed E-state index contributed by atoms with van der Waals surface area (Å²) in [6.45, 7) is 16.4. The Balaban J connectivity index is 2.21. The number of hydrogen-bond acceptors (Lipinski definition) is 4. The molecule has 1 saturated heterocycles. The Kier molecular flexibility index (Phi) is 12.0. The van der Waals surface area contributed by atoms with Gasteiger partial charge < -0.3 is 14.3 Å². The molecule has 0 unspecified atom stereocenters. The summed E-state index contributed by atoms with van der Waals surface area (Å²) in [5.74, 6) is 0. The van der Waals surface area contributed by atoms with Crippen LogP contribution in [0.15, 0.2) is 42.5 Å². The number of unbranched alkanes of at least 4 members (excludes halogenated alkanes) is 1. The Labute approximate surface area is 215 Å². The molecule has 0 bridgehead atoms. The molecule has 1 N–H and O–H groups in total. The molecule has 35 heavy (non-hydrogen) atoms. The normalized spacial score (nSPS) is 21.5. The molecule has 0 saturated carbocycles. The smallest absolute Gasteiger partial charge is 0.410 e. The molecule has 2 rings (SSSR count). The van der Waals surface area contributed by atoms with Crippen LogP contribution < -0.4 is 0 Å². The van der Waals surface area contributed by atoms with Gasteiger partial charge in [-0.15, -0.1) is 0 Å². The van der Waals surface area contributed by atoms with Crippen molar-refractivity contribution in [2.24, 2.45) is 0 Å². The van der Waals surface area contributed by atoms with Crippen LogP contribution in [0.1, 0.15) is 86.1 Å². The lowest BCUT2D eigenvalue weighted by atomic mass is 9.91. The Bertz CT molecular complexity index is 758. The summed E-state index contributed by atoms with van der Waals surface area (Å²) in [5.41, 5.74) is 2.51. The minimum atomic E-state index is -2.07. The average Bonchev–Trinajstić information content (AvgIpc) is 2.82. The monoisotopic (exact) mass is 503 g/mol. The molecular formula is C29H49NO4Si. The van der Waals surface area contributed by atoms with Crippen LogP contribution in [0, 0.1) is 0 Å². The van der Waals surface area contributed by atoms with Gasteiger partial charge >= 0.3 is 6.09 Å². The molecule has 1 fully saturated rings. The maximum Gasteiger partial charge on any atom is 0.410 e. The minimum absolute atomic E-state index is 0.0312. The number of likely N-dealkylation sites (tertiary alicyclic amines) is 1. The molecule has 1 aliphatic heterocycles. The zero-order valence-electron chi connectivity index (χ0n) is 23.1. The van der Waals surface area contributed by atoms with Crippen LogP contribution in [0.2, 0.25) is 16.6 Å². The van der Waals surface area contributed by atoms with Gasteiger partial charge in [-0.2, -0.15) is 0 Å². The van der Waals surface area contributed by atoms with Crippen molar-refractivity contribution < 1.29 is 19.1 Å². The number of ether oxygens (including phenoxy) is 1. The second-order valence-corrected chi connectivity index (χ2v) is 16.4. The molecule has 1 amide bonds. The van der Waals surface area contributed by atoms with Gasteiger partial charge in [-0.1, -0.05) is 84.0 Å². The Morgan fingerprint density at radius 3 is 2.26 bits per heavy atom. The van der Waals surface area contributed by atoms with E-state index in [1.54, 1.807) is 6.08 Å². The highest BCUT2D eigenvalue weighted by atomic mass is 28.4. The minimum Gasteiger partial charge on any atom is -0.445 e. The topological polar surface area (TPSA) is 59.0 Å². The highest BCUT2D eigenvalue weighted by molar-refractivity contribution is 6.77. The SMILES string of the molecule is CC(C)[Si](O[C@@H]1CC[C@H](CCC/C=C/CO)N(C(=O)OCc2ccccc2)[C@H]1C)(C(C)C)C(C)C. The van der Waals surface area contributed by atoms with E-state index in [2.05, 4.69) is 48.5 Å². The third-order valence-electron chi connectivity index (χ3n) is 7.81. The highest BCUT2D eigenvalue weighted by Crippen LogP contribution is 2.45. The number of carbonyl (C=O) groups is 1. The molecular weight excluding hydrogens is 454 g/mol. The van der Waals surface area contributed by atoms with Gasteiger partial charge in [0.2, 0.25) is 8.32 Å². The van der Waals surface area contributed by atoms with E-state index in [1.807, 2.05) is 41.3 Å². The molecule has 1 aromatic carbocycles. The number of piperidine rings is 1. The lowest BCUT2D eigenvalue weighted by molar-refractivity contribution is -0.0144. The standard InChI is InChI=1S/C29H49NO4Si/c1-22(2)35(23(3)4,24(5)6)34-28-19-18-27(17-13-8-9-14-20-31)30(25(28)7)29(32)33-21-26-15-11-10-12-16-26/h9-12,14-16,22-25,27-28,31H,8,13,17-21H2,1-7H3/b14-9+/t25-,27-,28+/m0/s1. The summed E-state index contributed by atoms with van der Waals surface area (Å²) in [6.07, 6.45) is 8.30. The summed E-state index contributed by atoms with van der Waals surface area (Å²) >= 11 is 0. The van der Waals surface area contributed by atoms with Gasteiger partial charge in [-0.3, -0.25) is 4.90 Å². The van der Waals surface area contributed by atoms with Crippen molar-refractivity contribution in [1.82, 2.24) is 4.90 Å². The summed E-state index contributed by atoms with van der Waals surface area (Å²) < 4.78 is 13.0. The van der Waals surface area contributed by atoms with Crippen molar-refractivity contribution in [3.63, 3.8) is 0 Å². The van der Waals surface area contributed by atoms with Crippen LogP contribution in [-0.4, -0.2) is 49.2 Å². The lowest BCUT2D eigenvalue weighted by Crippen LogP contribution is -2.60. The molecule has 0 spiro atoms. The number of rotatable bonds is 12. The quantitative estimate of drug-likeness (QED) is 0.183. The number of benzene rings is 1. The zero-order valence-corrected chi connectivity index (χ0v) is 24.1. The predicted octanol–water partition coefficient (Wildman–Crippen LogP) is 7.46. The zero-order chi connectivity index (χ0) is 26.0. The number of amides is 1. The Morgan fingerprint density at radius 1 is 1.06 bits per heavy atom. The molecule has 0 aliphatic carbocycles. The average molecular weight is 504 g/mol. The molecule has 3 atom stereocenters. The summed E-state index contributed by atoms with van der Waals surface area (Å²) in [5, 5.41) is 8.99. The molecule has 198 valence electrons. The van der Waals surface area contributed by atoms with E-state index in [4.69, 9.17) is 14.3 Å². The molecule has 1 aromatic rings. The molecule has 5 nitrogen and oxygen atoms in total. The van der Waals surface area contributed by atoms with E-state index in [1.165, 1.54) is 0 Å². The van der Waals surface area contributed by atoms with Crippen molar-refractivity contribution in [2.45, 2.75) is 122 Å². The van der Waals surface area contributed by atoms with Gasteiger partial charge in [-0.25, -0.2) is 4.79 Å². The number of aliphatic hydroxyl groups is 1. The van der Waals surface area contributed by atoms with Gasteiger partial charge in [0.1, 0.15) is 6.61 Å². The summed E-state index contributed by atoms with van der Waals surface area (Å²) in [4.78, 5) is 15.4. The van der Waals surface area contributed by atoms with Crippen molar-refractivity contribution in [1.29, 1.82) is 0 Å². The second kappa shape index (κ2) is 14.2. The third-order valence-corrected chi connectivity index (χ3v) is 13.9. The fraction of sp³-hybridized carbons (Fsp3) is 0.690. The van der Waals surface area contributed by atoms with Crippen molar-refractivity contribution >= 4 is 14.4 Å². The number of aliphatic hydroxyl groups excluding tert-OH is 1. The van der Waals surface area contributed by atoms with Crippen molar-refractivity contribution in [2.75, 3.05) is 6.61 Å². The second-order valence-electron chi connectivity index (χ2n) is 11.0. The Hall–Kier alpha value is -1.63. The van der Waals surface area contributed by atoms with E-state index < -0.39 is 8.32 Å². The van der Waals surface area contributed by atoms with Gasteiger partial charge in [0.05, 0.1) is 18.8 Å². The first kappa shape index (κ1) is 29.6. The number of carbonyl (C=O) groups excluding carboxylic acids is 1. The fourth-order valence-electron chi connectivity index (χ4n) is 6.13. The Morgan fingerprint density at radius 2 is 1.69 bits per heavy atom. The number of hydrogen-bond donors (Lipinski definition) is 1. The van der Waals surface area contributed by atoms with E-state index in [-0.39, 0.29) is 37.5 Å². The maximum absolute atomic E-state index is 13.5. The van der Waals surface area contributed by atoms with Crippen LogP contribution in [0.25, 0.3) is 0 Å². The number of allylic oxidation sites excluding steroid dienone is 1. The largest absolute Gasteiger partial charge is 0.445 e. The van der Waals surface area contributed by atoms with E-state index in [9.17, 15) is 4.79 Å². The maximum atomic E-state index is 13.5. The van der Waals surface area contributed by atoms with Gasteiger partial charge in [0.15, 0.2) is 0 Å². The summed E-state index contributed by atoms with van der Waals surface area (Å²) in [6, 6.07) is 9.97. The van der Waals surface area contributed by atoms with Crippen molar-refractivity contribution in [3.05, 3.63) is 48.0 Å². The van der Waals surface area contributed by atoms with Crippen LogP contribution in [-0.2, 0) is 15.8 Å². The first-order chi connectivity index (χ1) is 16.6. The molecule has 1 aliphatic rings. The van der Waals surface area contributed by atoms with Crippen LogP contribution in [0.3, 0.4) is 0 Å². The van der Waals surface area contributed by atoms with Crippen LogP contribution >= 0.6 is 0 Å². The van der Waals surface area contributed by atoms with Crippen LogP contribution in [0.4, 0.5) is 4.79 Å². The molecule has 0 radical (unpaired) electrons. The first-order valence-corrected chi connectivity index (χ1v) is 15.7. The predicted molar refractivity (Wildman–Crippen MR) is 147 cm³/mol. The van der Waals surface area contributed by atoms with E-state index in [0.29, 0.717) is 16.6 Å². The van der Waals surface area contributed by atoms with Crippen molar-refractivity contribution in [3.8, 4) is 0 Å². The fourth-order valence-corrected chi connectivity index (χ4v) is 11.8. The van der Waals surface area contributed by atoms with Crippen LogP contribution in [0.5, 0.6) is 0 Å². The lowest BCUT2D eigenvalue weighted by Gasteiger charge is -2.50. The van der Waals surface area contributed by atoms with Gasteiger partial charge in [0, 0.05) is 6.04 Å². The van der Waals surface area contributed by atoms with E-state index >= 15 is 0 Å². The molecule has 6 heteroatoms. The first-order valence-electron chi connectivity index (χ1n) is 13.6. The number of nitrogens with zero attached hydrogens (tertiary/aromatic N) is 1. The molecule has 1 heterocycles. The van der Waals surface area contributed by atoms with Gasteiger partial charge in [-0.05, 0) is 61.2 Å². The summed E-state index contributed by atoms with van der Waals surface area (Å²) in [7, 11) is -2.07.